The molecule has 0 atom stereocenters. The molecule has 7 heteroatoms. The molecule has 0 aliphatic carbocycles. The fraction of sp³-hybridized carbons (Fsp3) is 0.389. The zero-order valence-corrected chi connectivity index (χ0v) is 15.5. The highest BCUT2D eigenvalue weighted by Crippen LogP contribution is 2.32. The molecule has 2 fully saturated rings. The van der Waals surface area contributed by atoms with Crippen LogP contribution in [0.3, 0.4) is 0 Å². The Morgan fingerprint density at radius 2 is 2.04 bits per heavy atom. The van der Waals surface area contributed by atoms with E-state index in [1.54, 1.807) is 35.2 Å². The topological polar surface area (TPSA) is 57.7 Å². The zero-order valence-electron chi connectivity index (χ0n) is 13.9. The third-order valence-electron chi connectivity index (χ3n) is 4.45. The number of piperidine rings is 1. The van der Waals surface area contributed by atoms with Gasteiger partial charge in [0.15, 0.2) is 0 Å². The Bertz CT molecular complexity index is 742. The van der Waals surface area contributed by atoms with E-state index in [-0.39, 0.29) is 12.5 Å². The first-order chi connectivity index (χ1) is 11.9. The molecule has 0 N–H and O–H groups in total. The van der Waals surface area contributed by atoms with Gasteiger partial charge in [0.1, 0.15) is 6.54 Å². The maximum absolute atomic E-state index is 12.5. The van der Waals surface area contributed by atoms with Gasteiger partial charge in [0, 0.05) is 18.1 Å². The van der Waals surface area contributed by atoms with Gasteiger partial charge in [-0.25, -0.2) is 0 Å². The summed E-state index contributed by atoms with van der Waals surface area (Å²) in [7, 11) is 0. The Kier molecular flexibility index (Phi) is 5.49. The van der Waals surface area contributed by atoms with Gasteiger partial charge in [-0.1, -0.05) is 30.7 Å². The van der Waals surface area contributed by atoms with Gasteiger partial charge in [0.05, 0.1) is 4.91 Å². The van der Waals surface area contributed by atoms with Crippen molar-refractivity contribution >= 4 is 46.5 Å². The summed E-state index contributed by atoms with van der Waals surface area (Å²) in [6, 6.07) is 7.04. The molecule has 3 rings (SSSR count). The Balaban J connectivity index is 1.68. The summed E-state index contributed by atoms with van der Waals surface area (Å²) in [5.41, 5.74) is 0.745. The molecule has 2 aliphatic heterocycles. The van der Waals surface area contributed by atoms with E-state index in [1.165, 1.54) is 0 Å². The van der Waals surface area contributed by atoms with Crippen LogP contribution < -0.4 is 0 Å². The number of thioether (sulfide) groups is 1. The SMILES string of the molecule is CC1CCN(C(=O)CN2C(=O)S/C(=C/c3cccc(Cl)c3)C2=O)CC1. The number of benzene rings is 1. The monoisotopic (exact) mass is 378 g/mol. The van der Waals surface area contributed by atoms with E-state index < -0.39 is 11.1 Å². The molecule has 2 heterocycles. The van der Waals surface area contributed by atoms with Crippen LogP contribution in [-0.4, -0.2) is 46.5 Å². The van der Waals surface area contributed by atoms with E-state index in [0.29, 0.717) is 28.9 Å². The highest BCUT2D eigenvalue weighted by atomic mass is 35.5. The molecule has 3 amide bonds. The lowest BCUT2D eigenvalue weighted by Crippen LogP contribution is -2.45. The first kappa shape index (κ1) is 18.0. The van der Waals surface area contributed by atoms with Crippen molar-refractivity contribution in [3.05, 3.63) is 39.8 Å². The maximum atomic E-state index is 12.5. The first-order valence-electron chi connectivity index (χ1n) is 8.23. The highest BCUT2D eigenvalue weighted by Gasteiger charge is 2.37. The van der Waals surface area contributed by atoms with Crippen molar-refractivity contribution in [1.29, 1.82) is 0 Å². The molecular formula is C18H19ClN2O3S. The lowest BCUT2D eigenvalue weighted by molar-refractivity contribution is -0.136. The number of hydrogen-bond donors (Lipinski definition) is 0. The normalized spacial score (nSPS) is 20.6. The smallest absolute Gasteiger partial charge is 0.294 e. The number of nitrogens with zero attached hydrogens (tertiary/aromatic N) is 2. The molecular weight excluding hydrogens is 360 g/mol. The van der Waals surface area contributed by atoms with Gasteiger partial charge in [-0.2, -0.15) is 0 Å². The summed E-state index contributed by atoms with van der Waals surface area (Å²) in [5.74, 6) is 0.0220. The average Bonchev–Trinajstić information content (AvgIpc) is 2.83. The van der Waals surface area contributed by atoms with E-state index in [4.69, 9.17) is 11.6 Å². The van der Waals surface area contributed by atoms with Crippen LogP contribution in [0.4, 0.5) is 4.79 Å². The molecule has 1 aromatic carbocycles. The summed E-state index contributed by atoms with van der Waals surface area (Å²) < 4.78 is 0. The third-order valence-corrected chi connectivity index (χ3v) is 5.59. The fourth-order valence-corrected chi connectivity index (χ4v) is 3.91. The average molecular weight is 379 g/mol. The van der Waals surface area contributed by atoms with Crippen LogP contribution in [0.2, 0.25) is 5.02 Å². The molecule has 0 bridgehead atoms. The minimum absolute atomic E-state index is 0.168. The molecule has 25 heavy (non-hydrogen) atoms. The van der Waals surface area contributed by atoms with E-state index >= 15 is 0 Å². The van der Waals surface area contributed by atoms with Crippen molar-refractivity contribution in [2.24, 2.45) is 5.92 Å². The Morgan fingerprint density at radius 1 is 1.32 bits per heavy atom. The predicted molar refractivity (Wildman–Crippen MR) is 99.1 cm³/mol. The van der Waals surface area contributed by atoms with Crippen molar-refractivity contribution in [3.63, 3.8) is 0 Å². The Labute approximate surface area is 156 Å². The summed E-state index contributed by atoms with van der Waals surface area (Å²) in [4.78, 5) is 40.1. The van der Waals surface area contributed by atoms with Crippen LogP contribution in [0, 0.1) is 5.92 Å². The van der Waals surface area contributed by atoms with Crippen LogP contribution in [0.25, 0.3) is 6.08 Å². The summed E-state index contributed by atoms with van der Waals surface area (Å²) in [5, 5.41) is 0.152. The van der Waals surface area contributed by atoms with Crippen LogP contribution in [0.15, 0.2) is 29.2 Å². The number of likely N-dealkylation sites (tertiary alicyclic amines) is 1. The van der Waals surface area contributed by atoms with E-state index in [9.17, 15) is 14.4 Å². The van der Waals surface area contributed by atoms with Gasteiger partial charge in [-0.15, -0.1) is 0 Å². The molecule has 0 spiro atoms. The van der Waals surface area contributed by atoms with Crippen LogP contribution in [0.1, 0.15) is 25.3 Å². The standard InChI is InChI=1S/C18H19ClN2O3S/c1-12-5-7-20(8-6-12)16(22)11-21-17(23)15(25-18(21)24)10-13-3-2-4-14(19)9-13/h2-4,9-10,12H,5-8,11H2,1H3/b15-10+. The fourth-order valence-electron chi connectivity index (χ4n) is 2.88. The lowest BCUT2D eigenvalue weighted by atomic mass is 9.99. The van der Waals surface area contributed by atoms with Gasteiger partial charge >= 0.3 is 0 Å². The second-order valence-electron chi connectivity index (χ2n) is 6.39. The minimum atomic E-state index is -0.422. The Morgan fingerprint density at radius 3 is 2.72 bits per heavy atom. The van der Waals surface area contributed by atoms with Crippen molar-refractivity contribution < 1.29 is 14.4 Å². The van der Waals surface area contributed by atoms with Crippen molar-refractivity contribution in [3.8, 4) is 0 Å². The minimum Gasteiger partial charge on any atom is -0.341 e. The number of halogens is 1. The molecule has 0 aromatic heterocycles. The summed E-state index contributed by atoms with van der Waals surface area (Å²) in [6.07, 6.45) is 3.55. The highest BCUT2D eigenvalue weighted by molar-refractivity contribution is 8.18. The number of carbonyl (C=O) groups is 3. The second kappa shape index (κ2) is 7.62. The molecule has 2 aliphatic rings. The number of rotatable bonds is 3. The molecule has 2 saturated heterocycles. The van der Waals surface area contributed by atoms with E-state index in [2.05, 4.69) is 6.92 Å². The number of imide groups is 1. The van der Waals surface area contributed by atoms with Crippen molar-refractivity contribution in [1.82, 2.24) is 9.80 Å². The van der Waals surface area contributed by atoms with Crippen molar-refractivity contribution in [2.75, 3.05) is 19.6 Å². The van der Waals surface area contributed by atoms with Gasteiger partial charge < -0.3 is 4.90 Å². The summed E-state index contributed by atoms with van der Waals surface area (Å²) in [6.45, 7) is 3.36. The third kappa shape index (κ3) is 4.25. The lowest BCUT2D eigenvalue weighted by Gasteiger charge is -2.31. The van der Waals surface area contributed by atoms with Crippen molar-refractivity contribution in [2.45, 2.75) is 19.8 Å². The van der Waals surface area contributed by atoms with E-state index in [1.807, 2.05) is 0 Å². The quantitative estimate of drug-likeness (QED) is 0.753. The zero-order chi connectivity index (χ0) is 18.0. The molecule has 5 nitrogen and oxygen atoms in total. The number of carbonyl (C=O) groups excluding carboxylic acids is 3. The van der Waals surface area contributed by atoms with Gasteiger partial charge in [0.2, 0.25) is 5.91 Å². The maximum Gasteiger partial charge on any atom is 0.294 e. The van der Waals surface area contributed by atoms with Gasteiger partial charge in [0.25, 0.3) is 11.1 Å². The van der Waals surface area contributed by atoms with E-state index in [0.717, 1.165) is 35.1 Å². The van der Waals surface area contributed by atoms with Crippen LogP contribution >= 0.6 is 23.4 Å². The van der Waals surface area contributed by atoms with Crippen LogP contribution in [-0.2, 0) is 9.59 Å². The Hall–Kier alpha value is -1.79. The molecule has 1 aromatic rings. The number of amides is 3. The first-order valence-corrected chi connectivity index (χ1v) is 9.42. The molecule has 132 valence electrons. The number of hydrogen-bond acceptors (Lipinski definition) is 4. The largest absolute Gasteiger partial charge is 0.341 e. The predicted octanol–water partition coefficient (Wildman–Crippen LogP) is 3.63. The molecule has 0 unspecified atom stereocenters. The molecule has 0 radical (unpaired) electrons. The summed E-state index contributed by atoms with van der Waals surface area (Å²) >= 11 is 6.80. The second-order valence-corrected chi connectivity index (χ2v) is 7.82. The molecule has 0 saturated carbocycles. The van der Waals surface area contributed by atoms with Gasteiger partial charge in [-0.3, -0.25) is 19.3 Å². The van der Waals surface area contributed by atoms with Gasteiger partial charge in [-0.05, 0) is 54.3 Å². The van der Waals surface area contributed by atoms with Crippen LogP contribution in [0.5, 0.6) is 0 Å².